The summed E-state index contributed by atoms with van der Waals surface area (Å²) < 4.78 is 0. The molecule has 3 aromatic carbocycles. The van der Waals surface area contributed by atoms with Gasteiger partial charge in [0, 0.05) is 17.0 Å². The molecule has 3 aromatic rings. The highest BCUT2D eigenvalue weighted by Crippen LogP contribution is 2.40. The van der Waals surface area contributed by atoms with Crippen LogP contribution in [0.1, 0.15) is 22.6 Å². The molecule has 3 rings (SSSR count). The number of hydrogen-bond acceptors (Lipinski definition) is 3. The third kappa shape index (κ3) is 2.61. The van der Waals surface area contributed by atoms with Crippen molar-refractivity contribution < 1.29 is 15.3 Å². The number of phenolic OH excluding ortho intramolecular Hbond substituents is 3. The van der Waals surface area contributed by atoms with Crippen molar-refractivity contribution in [3.05, 3.63) is 89.5 Å². The number of aromatic hydroxyl groups is 3. The predicted octanol–water partition coefficient (Wildman–Crippen LogP) is 3.98. The third-order valence-electron chi connectivity index (χ3n) is 3.70. The van der Waals surface area contributed by atoms with Gasteiger partial charge in [-0.25, -0.2) is 0 Å². The molecular weight excluding hydrogens is 276 g/mol. The summed E-state index contributed by atoms with van der Waals surface area (Å²) in [6, 6.07) is 20.9. The van der Waals surface area contributed by atoms with Gasteiger partial charge in [0.1, 0.15) is 17.2 Å². The summed E-state index contributed by atoms with van der Waals surface area (Å²) in [7, 11) is 0. The fourth-order valence-electron chi connectivity index (χ4n) is 2.69. The van der Waals surface area contributed by atoms with E-state index in [0.29, 0.717) is 11.1 Å². The molecule has 0 amide bonds. The van der Waals surface area contributed by atoms with Crippen molar-refractivity contribution >= 4 is 0 Å². The van der Waals surface area contributed by atoms with Crippen molar-refractivity contribution in [1.29, 1.82) is 0 Å². The quantitative estimate of drug-likeness (QED) is 0.640. The molecule has 3 heteroatoms. The van der Waals surface area contributed by atoms with Crippen LogP contribution in [0, 0.1) is 0 Å². The molecule has 3 N–H and O–H groups in total. The Balaban J connectivity index is 2.24. The SMILES string of the molecule is Oc1cccc(C(c2ccccc2O)c2ccccc2O)c1. The largest absolute Gasteiger partial charge is 0.508 e. The fraction of sp³-hybridized carbons (Fsp3) is 0.0526. The van der Waals surface area contributed by atoms with E-state index in [9.17, 15) is 15.3 Å². The minimum Gasteiger partial charge on any atom is -0.508 e. The number of rotatable bonds is 3. The van der Waals surface area contributed by atoms with Gasteiger partial charge in [-0.2, -0.15) is 0 Å². The lowest BCUT2D eigenvalue weighted by Crippen LogP contribution is -2.04. The Morgan fingerprint density at radius 3 is 1.64 bits per heavy atom. The molecule has 0 aliphatic rings. The summed E-state index contributed by atoms with van der Waals surface area (Å²) in [5.41, 5.74) is 2.15. The zero-order chi connectivity index (χ0) is 15.5. The molecule has 110 valence electrons. The Labute approximate surface area is 128 Å². The van der Waals surface area contributed by atoms with Crippen LogP contribution in [0.4, 0.5) is 0 Å². The van der Waals surface area contributed by atoms with Crippen LogP contribution in [0.5, 0.6) is 17.2 Å². The van der Waals surface area contributed by atoms with Crippen molar-refractivity contribution in [2.24, 2.45) is 0 Å². The first-order valence-corrected chi connectivity index (χ1v) is 7.01. The van der Waals surface area contributed by atoms with Gasteiger partial charge in [0.2, 0.25) is 0 Å². The molecule has 3 nitrogen and oxygen atoms in total. The van der Waals surface area contributed by atoms with Gasteiger partial charge in [-0.1, -0.05) is 48.5 Å². The van der Waals surface area contributed by atoms with E-state index in [4.69, 9.17) is 0 Å². The zero-order valence-electron chi connectivity index (χ0n) is 11.8. The molecule has 22 heavy (non-hydrogen) atoms. The van der Waals surface area contributed by atoms with Crippen molar-refractivity contribution in [1.82, 2.24) is 0 Å². The number of benzene rings is 3. The molecule has 0 bridgehead atoms. The van der Waals surface area contributed by atoms with Gasteiger partial charge in [0.25, 0.3) is 0 Å². The van der Waals surface area contributed by atoms with Crippen LogP contribution < -0.4 is 0 Å². The molecule has 0 radical (unpaired) electrons. The Kier molecular flexibility index (Phi) is 3.71. The van der Waals surface area contributed by atoms with E-state index in [-0.39, 0.29) is 23.2 Å². The lowest BCUT2D eigenvalue weighted by Gasteiger charge is -2.21. The molecule has 0 aliphatic carbocycles. The lowest BCUT2D eigenvalue weighted by atomic mass is 9.84. The van der Waals surface area contributed by atoms with Crippen molar-refractivity contribution in [3.8, 4) is 17.2 Å². The number of hydrogen-bond donors (Lipinski definition) is 3. The molecular formula is C19H16O3. The van der Waals surface area contributed by atoms with Crippen LogP contribution in [-0.2, 0) is 0 Å². The minimum absolute atomic E-state index is 0.147. The monoisotopic (exact) mass is 292 g/mol. The highest BCUT2D eigenvalue weighted by atomic mass is 16.3. The smallest absolute Gasteiger partial charge is 0.119 e. The van der Waals surface area contributed by atoms with Crippen molar-refractivity contribution in [2.75, 3.05) is 0 Å². The second-order valence-corrected chi connectivity index (χ2v) is 5.15. The van der Waals surface area contributed by atoms with E-state index >= 15 is 0 Å². The van der Waals surface area contributed by atoms with Crippen LogP contribution in [-0.4, -0.2) is 15.3 Å². The molecule has 0 heterocycles. The van der Waals surface area contributed by atoms with E-state index in [1.54, 1.807) is 42.5 Å². The average molecular weight is 292 g/mol. The molecule has 0 aliphatic heterocycles. The van der Waals surface area contributed by atoms with Crippen molar-refractivity contribution in [3.63, 3.8) is 0 Å². The predicted molar refractivity (Wildman–Crippen MR) is 85.3 cm³/mol. The first-order valence-electron chi connectivity index (χ1n) is 7.01. The molecule has 0 atom stereocenters. The number of phenols is 3. The highest BCUT2D eigenvalue weighted by molar-refractivity contribution is 5.53. The average Bonchev–Trinajstić information content (AvgIpc) is 2.51. The topological polar surface area (TPSA) is 60.7 Å². The summed E-state index contributed by atoms with van der Waals surface area (Å²) in [5, 5.41) is 30.2. The van der Waals surface area contributed by atoms with Gasteiger partial charge >= 0.3 is 0 Å². The maximum absolute atomic E-state index is 10.2. The maximum Gasteiger partial charge on any atom is 0.119 e. The molecule has 0 unspecified atom stereocenters. The van der Waals surface area contributed by atoms with Gasteiger partial charge in [0.05, 0.1) is 0 Å². The van der Waals surface area contributed by atoms with Gasteiger partial charge in [-0.3, -0.25) is 0 Å². The summed E-state index contributed by atoms with van der Waals surface area (Å²) in [6.45, 7) is 0. The zero-order valence-corrected chi connectivity index (χ0v) is 11.8. The second-order valence-electron chi connectivity index (χ2n) is 5.15. The maximum atomic E-state index is 10.2. The molecule has 0 aromatic heterocycles. The number of para-hydroxylation sites is 2. The standard InChI is InChI=1S/C19H16O3/c20-14-7-5-6-13(12-14)19(15-8-1-3-10-17(15)21)16-9-2-4-11-18(16)22/h1-12,19-22H. The second kappa shape index (κ2) is 5.82. The lowest BCUT2D eigenvalue weighted by molar-refractivity contribution is 0.457. The van der Waals surface area contributed by atoms with Gasteiger partial charge < -0.3 is 15.3 Å². The Morgan fingerprint density at radius 2 is 1.14 bits per heavy atom. The van der Waals surface area contributed by atoms with Gasteiger partial charge in [-0.05, 0) is 29.8 Å². The van der Waals surface area contributed by atoms with E-state index in [1.165, 1.54) is 0 Å². The summed E-state index contributed by atoms with van der Waals surface area (Å²) in [6.07, 6.45) is 0. The van der Waals surface area contributed by atoms with E-state index in [2.05, 4.69) is 0 Å². The molecule has 0 fully saturated rings. The first-order chi connectivity index (χ1) is 10.7. The Hall–Kier alpha value is -2.94. The molecule has 0 spiro atoms. The van der Waals surface area contributed by atoms with Gasteiger partial charge in [-0.15, -0.1) is 0 Å². The van der Waals surface area contributed by atoms with E-state index in [0.717, 1.165) is 5.56 Å². The van der Waals surface area contributed by atoms with Crippen molar-refractivity contribution in [2.45, 2.75) is 5.92 Å². The normalized spacial score (nSPS) is 10.8. The molecule has 0 saturated heterocycles. The van der Waals surface area contributed by atoms with Crippen LogP contribution in [0.3, 0.4) is 0 Å². The van der Waals surface area contributed by atoms with Gasteiger partial charge in [0.15, 0.2) is 0 Å². The molecule has 0 saturated carbocycles. The third-order valence-corrected chi connectivity index (χ3v) is 3.70. The summed E-state index contributed by atoms with van der Waals surface area (Å²) >= 11 is 0. The van der Waals surface area contributed by atoms with E-state index < -0.39 is 0 Å². The summed E-state index contributed by atoms with van der Waals surface area (Å²) in [4.78, 5) is 0. The minimum atomic E-state index is -0.366. The van der Waals surface area contributed by atoms with Crippen LogP contribution >= 0.6 is 0 Å². The van der Waals surface area contributed by atoms with Crippen LogP contribution in [0.2, 0.25) is 0 Å². The van der Waals surface area contributed by atoms with Crippen LogP contribution in [0.25, 0.3) is 0 Å². The fourth-order valence-corrected chi connectivity index (χ4v) is 2.69. The Bertz CT molecular complexity index is 750. The van der Waals surface area contributed by atoms with E-state index in [1.807, 2.05) is 30.3 Å². The summed E-state index contributed by atoms with van der Waals surface area (Å²) in [5.74, 6) is 0.0843. The first kappa shape index (κ1) is 14.0. The highest BCUT2D eigenvalue weighted by Gasteiger charge is 2.22. The van der Waals surface area contributed by atoms with Crippen LogP contribution in [0.15, 0.2) is 72.8 Å². The Morgan fingerprint density at radius 1 is 0.591 bits per heavy atom.